The first kappa shape index (κ1) is 13.8. The van der Waals surface area contributed by atoms with E-state index in [1.165, 1.54) is 18.9 Å². The molecule has 2 atom stereocenters. The Morgan fingerprint density at radius 3 is 2.95 bits per heavy atom. The molecule has 1 aromatic heterocycles. The van der Waals surface area contributed by atoms with Gasteiger partial charge in [-0.3, -0.25) is 0 Å². The van der Waals surface area contributed by atoms with Crippen molar-refractivity contribution in [3.63, 3.8) is 0 Å². The van der Waals surface area contributed by atoms with Crippen molar-refractivity contribution in [2.24, 2.45) is 0 Å². The Balaban J connectivity index is 2.07. The number of nitrogens with zero attached hydrogens (tertiary/aromatic N) is 3. The lowest BCUT2D eigenvalue weighted by Gasteiger charge is -2.22. The number of hydrogen-bond donors (Lipinski definition) is 0. The molecule has 5 heteroatoms. The van der Waals surface area contributed by atoms with Crippen LogP contribution in [0.25, 0.3) is 11.0 Å². The van der Waals surface area contributed by atoms with E-state index < -0.39 is 0 Å². The van der Waals surface area contributed by atoms with E-state index in [0.717, 1.165) is 24.4 Å². The van der Waals surface area contributed by atoms with Gasteiger partial charge in [0.2, 0.25) is 0 Å². The van der Waals surface area contributed by atoms with Crippen LogP contribution in [0.5, 0.6) is 0 Å². The number of para-hydroxylation sites is 1. The van der Waals surface area contributed by atoms with E-state index in [-0.39, 0.29) is 11.2 Å². The van der Waals surface area contributed by atoms with Gasteiger partial charge < -0.3 is 9.47 Å². The quantitative estimate of drug-likeness (QED) is 0.807. The van der Waals surface area contributed by atoms with Gasteiger partial charge in [-0.1, -0.05) is 6.07 Å². The van der Waals surface area contributed by atoms with E-state index >= 15 is 0 Å². The van der Waals surface area contributed by atoms with Crippen LogP contribution in [0, 0.1) is 5.82 Å². The molecule has 2 heterocycles. The van der Waals surface area contributed by atoms with Crippen molar-refractivity contribution in [1.29, 1.82) is 0 Å². The fourth-order valence-electron chi connectivity index (χ4n) is 3.05. The molecule has 2 aromatic rings. The van der Waals surface area contributed by atoms with Gasteiger partial charge in [-0.25, -0.2) is 9.37 Å². The summed E-state index contributed by atoms with van der Waals surface area (Å²) in [5, 5.41) is -0.228. The van der Waals surface area contributed by atoms with E-state index in [9.17, 15) is 4.39 Å². The lowest BCUT2D eigenvalue weighted by atomic mass is 10.2. The van der Waals surface area contributed by atoms with Crippen molar-refractivity contribution < 1.29 is 4.39 Å². The smallest absolute Gasteiger partial charge is 0.151 e. The number of imidazole rings is 1. The molecule has 0 N–H and O–H groups in total. The minimum Gasteiger partial charge on any atom is -0.325 e. The number of halogens is 2. The maximum atomic E-state index is 13.9. The number of likely N-dealkylation sites (tertiary alicyclic amines) is 1. The number of fused-ring (bicyclic) bond motifs is 1. The van der Waals surface area contributed by atoms with Gasteiger partial charge in [0.15, 0.2) is 5.82 Å². The number of aromatic nitrogens is 2. The zero-order valence-electron chi connectivity index (χ0n) is 11.8. The van der Waals surface area contributed by atoms with Crippen molar-refractivity contribution in [3.8, 4) is 0 Å². The number of likely N-dealkylation sites (N-methyl/N-ethyl adjacent to an activating group) is 1. The van der Waals surface area contributed by atoms with E-state index in [0.29, 0.717) is 11.6 Å². The Hall–Kier alpha value is -1.13. The van der Waals surface area contributed by atoms with Crippen LogP contribution in [0.3, 0.4) is 0 Å². The summed E-state index contributed by atoms with van der Waals surface area (Å²) in [5.74, 6) is 0.478. The Morgan fingerprint density at radius 1 is 1.50 bits per heavy atom. The normalized spacial score (nSPS) is 21.7. The average Bonchev–Trinajstić information content (AvgIpc) is 2.96. The molecular formula is C15H19ClFN3. The zero-order chi connectivity index (χ0) is 14.3. The molecule has 0 aliphatic carbocycles. The van der Waals surface area contributed by atoms with Crippen LogP contribution in [-0.4, -0.2) is 34.1 Å². The molecule has 1 aliphatic rings. The van der Waals surface area contributed by atoms with Gasteiger partial charge in [0.05, 0.1) is 10.9 Å². The summed E-state index contributed by atoms with van der Waals surface area (Å²) < 4.78 is 16.0. The van der Waals surface area contributed by atoms with Crippen molar-refractivity contribution in [1.82, 2.24) is 14.5 Å². The lowest BCUT2D eigenvalue weighted by Crippen LogP contribution is -2.30. The van der Waals surface area contributed by atoms with Crippen LogP contribution in [0.4, 0.5) is 4.39 Å². The maximum absolute atomic E-state index is 13.9. The second-order valence-electron chi connectivity index (χ2n) is 5.58. The van der Waals surface area contributed by atoms with Crippen molar-refractivity contribution in [2.45, 2.75) is 37.7 Å². The molecule has 0 bridgehead atoms. The van der Waals surface area contributed by atoms with Gasteiger partial charge in [-0.05, 0) is 45.5 Å². The third-order valence-electron chi connectivity index (χ3n) is 4.18. The first-order chi connectivity index (χ1) is 9.58. The predicted molar refractivity (Wildman–Crippen MR) is 79.6 cm³/mol. The molecule has 3 rings (SSSR count). The first-order valence-corrected chi connectivity index (χ1v) is 7.50. The molecular weight excluding hydrogens is 277 g/mol. The van der Waals surface area contributed by atoms with Gasteiger partial charge in [-0.15, -0.1) is 11.6 Å². The van der Waals surface area contributed by atoms with Crippen LogP contribution in [0.2, 0.25) is 0 Å². The topological polar surface area (TPSA) is 21.1 Å². The van der Waals surface area contributed by atoms with Crippen LogP contribution in [0.15, 0.2) is 18.2 Å². The van der Waals surface area contributed by atoms with Gasteiger partial charge in [0, 0.05) is 12.6 Å². The molecule has 108 valence electrons. The highest BCUT2D eigenvalue weighted by Gasteiger charge is 2.25. The van der Waals surface area contributed by atoms with Gasteiger partial charge >= 0.3 is 0 Å². The monoisotopic (exact) mass is 295 g/mol. The van der Waals surface area contributed by atoms with Crippen LogP contribution >= 0.6 is 11.6 Å². The molecule has 0 saturated carbocycles. The third kappa shape index (κ3) is 2.31. The summed E-state index contributed by atoms with van der Waals surface area (Å²) in [6.07, 6.45) is 2.38. The fraction of sp³-hybridized carbons (Fsp3) is 0.533. The Kier molecular flexibility index (Phi) is 3.69. The predicted octanol–water partition coefficient (Wildman–Crippen LogP) is 3.57. The fourth-order valence-corrected chi connectivity index (χ4v) is 3.21. The van der Waals surface area contributed by atoms with Gasteiger partial charge in [0.25, 0.3) is 0 Å². The minimum atomic E-state index is -0.278. The summed E-state index contributed by atoms with van der Waals surface area (Å²) in [5.41, 5.74) is 1.27. The van der Waals surface area contributed by atoms with Crippen molar-refractivity contribution in [2.75, 3.05) is 13.6 Å². The molecule has 20 heavy (non-hydrogen) atoms. The molecule has 1 fully saturated rings. The van der Waals surface area contributed by atoms with Crippen LogP contribution in [0.1, 0.15) is 31.0 Å². The molecule has 2 unspecified atom stereocenters. The lowest BCUT2D eigenvalue weighted by molar-refractivity contribution is 0.282. The third-order valence-corrected chi connectivity index (χ3v) is 4.37. The van der Waals surface area contributed by atoms with Crippen molar-refractivity contribution in [3.05, 3.63) is 29.8 Å². The number of rotatable bonds is 3. The molecule has 3 nitrogen and oxygen atoms in total. The summed E-state index contributed by atoms with van der Waals surface area (Å²) in [7, 11) is 2.14. The molecule has 0 amide bonds. The second kappa shape index (κ2) is 5.34. The first-order valence-electron chi connectivity index (χ1n) is 7.07. The SMILES string of the molecule is CC(Cl)c1nc2c(F)cccc2n1CC1CCCN1C. The average molecular weight is 296 g/mol. The van der Waals surface area contributed by atoms with Crippen LogP contribution in [-0.2, 0) is 6.54 Å². The van der Waals surface area contributed by atoms with Gasteiger partial charge in [0.1, 0.15) is 11.3 Å². The highest BCUT2D eigenvalue weighted by molar-refractivity contribution is 6.20. The second-order valence-corrected chi connectivity index (χ2v) is 6.24. The standard InChI is InChI=1S/C15H19ClFN3/c1-10(16)15-18-14-12(17)6-3-7-13(14)20(15)9-11-5-4-8-19(11)2/h3,6-7,10-11H,4-5,8-9H2,1-2H3. The number of hydrogen-bond acceptors (Lipinski definition) is 2. The summed E-state index contributed by atoms with van der Waals surface area (Å²) in [6, 6.07) is 5.58. The number of alkyl halides is 1. The Morgan fingerprint density at radius 2 is 2.30 bits per heavy atom. The number of benzene rings is 1. The van der Waals surface area contributed by atoms with Crippen LogP contribution < -0.4 is 0 Å². The highest BCUT2D eigenvalue weighted by Crippen LogP contribution is 2.28. The van der Waals surface area contributed by atoms with E-state index in [1.807, 2.05) is 13.0 Å². The summed E-state index contributed by atoms with van der Waals surface area (Å²) in [6.45, 7) is 3.83. The maximum Gasteiger partial charge on any atom is 0.151 e. The summed E-state index contributed by atoms with van der Waals surface area (Å²) >= 11 is 6.23. The molecule has 0 spiro atoms. The molecule has 1 aromatic carbocycles. The molecule has 1 saturated heterocycles. The summed E-state index contributed by atoms with van der Waals surface area (Å²) in [4.78, 5) is 6.77. The van der Waals surface area contributed by atoms with E-state index in [4.69, 9.17) is 11.6 Å². The zero-order valence-corrected chi connectivity index (χ0v) is 12.6. The molecule has 1 aliphatic heterocycles. The highest BCUT2D eigenvalue weighted by atomic mass is 35.5. The van der Waals surface area contributed by atoms with E-state index in [2.05, 4.69) is 21.5 Å². The Bertz CT molecular complexity index is 623. The molecule has 0 radical (unpaired) electrons. The minimum absolute atomic E-state index is 0.228. The van der Waals surface area contributed by atoms with E-state index in [1.54, 1.807) is 6.07 Å². The van der Waals surface area contributed by atoms with Gasteiger partial charge in [-0.2, -0.15) is 0 Å². The van der Waals surface area contributed by atoms with Crippen molar-refractivity contribution >= 4 is 22.6 Å². The largest absolute Gasteiger partial charge is 0.325 e. The Labute approximate surface area is 123 Å².